The van der Waals surface area contributed by atoms with Crippen molar-refractivity contribution in [2.45, 2.75) is 31.2 Å². The number of nitrogens with two attached hydrogens (primary N) is 1. The summed E-state index contributed by atoms with van der Waals surface area (Å²) in [5.74, 6) is -1.89. The van der Waals surface area contributed by atoms with Gasteiger partial charge >= 0.3 is 6.18 Å². The van der Waals surface area contributed by atoms with Gasteiger partial charge in [0, 0.05) is 35.3 Å². The topological polar surface area (TPSA) is 94.6 Å². The van der Waals surface area contributed by atoms with E-state index in [4.69, 9.17) is 10.5 Å². The van der Waals surface area contributed by atoms with Crippen molar-refractivity contribution in [3.63, 3.8) is 0 Å². The maximum Gasteiger partial charge on any atom is 0.425 e. The fourth-order valence-corrected chi connectivity index (χ4v) is 3.65. The summed E-state index contributed by atoms with van der Waals surface area (Å²) in [6.07, 6.45) is -4.94. The van der Waals surface area contributed by atoms with Crippen LogP contribution in [0.15, 0.2) is 41.7 Å². The highest BCUT2D eigenvalue weighted by atomic mass is 19.4. The largest absolute Gasteiger partial charge is 0.495 e. The summed E-state index contributed by atoms with van der Waals surface area (Å²) in [6.45, 7) is 1.23. The van der Waals surface area contributed by atoms with E-state index in [9.17, 15) is 22.0 Å². The number of rotatable bonds is 4. The van der Waals surface area contributed by atoms with Gasteiger partial charge in [-0.05, 0) is 25.1 Å². The Hall–Kier alpha value is -3.70. The van der Waals surface area contributed by atoms with E-state index in [0.717, 1.165) is 12.1 Å². The fourth-order valence-electron chi connectivity index (χ4n) is 3.65. The average Bonchev–Trinajstić information content (AvgIpc) is 2.74. The van der Waals surface area contributed by atoms with Gasteiger partial charge in [0.1, 0.15) is 11.3 Å². The summed E-state index contributed by atoms with van der Waals surface area (Å²) in [6, 6.07) is 4.66. The summed E-state index contributed by atoms with van der Waals surface area (Å²) < 4.78 is 78.8. The number of methoxy groups -OCH3 is 1. The smallest absolute Gasteiger partial charge is 0.425 e. The summed E-state index contributed by atoms with van der Waals surface area (Å²) in [4.78, 5) is 12.3. The molecule has 0 bridgehead atoms. The van der Waals surface area contributed by atoms with Crippen LogP contribution in [0.2, 0.25) is 0 Å². The number of halogens is 5. The number of aromatic nitrogens is 2. The van der Waals surface area contributed by atoms with Crippen LogP contribution in [0, 0.1) is 11.6 Å². The third-order valence-electron chi connectivity index (χ3n) is 5.25. The molecule has 0 saturated heterocycles. The Morgan fingerprint density at radius 1 is 1.21 bits per heavy atom. The number of nitrogens with one attached hydrogen (secondary N) is 1. The molecule has 12 heteroatoms. The van der Waals surface area contributed by atoms with Crippen LogP contribution in [0.3, 0.4) is 0 Å². The van der Waals surface area contributed by atoms with Crippen LogP contribution in [0.1, 0.15) is 18.9 Å². The number of hydrogen-bond donors (Lipinski definition) is 2. The molecule has 0 saturated carbocycles. The number of benzene rings is 1. The second kappa shape index (κ2) is 8.01. The standard InChI is InChI=1S/C21H18F5N5O2/c1-20(8-15(21(24,25)26)33-19(27)31-20)13-6-11(7-14(22)16(13)23)30-18-17-10(3-4-28-18)5-12(32-2)9-29-17/h3-7,9,15H,8H2,1-2H3,(H2,27,31)(H,28,30). The molecule has 3 heterocycles. The lowest BCUT2D eigenvalue weighted by Crippen LogP contribution is -2.46. The molecule has 1 aliphatic rings. The van der Waals surface area contributed by atoms with Crippen LogP contribution >= 0.6 is 0 Å². The van der Waals surface area contributed by atoms with Crippen LogP contribution in [-0.2, 0) is 10.3 Å². The molecular formula is C21H18F5N5O2. The highest BCUT2D eigenvalue weighted by Gasteiger charge is 2.50. The molecule has 3 N–H and O–H groups in total. The molecule has 1 aliphatic heterocycles. The van der Waals surface area contributed by atoms with Crippen molar-refractivity contribution in [3.05, 3.63) is 53.9 Å². The van der Waals surface area contributed by atoms with Gasteiger partial charge in [0.2, 0.25) is 0 Å². The zero-order valence-corrected chi connectivity index (χ0v) is 17.4. The molecule has 0 spiro atoms. The number of alkyl halides is 3. The van der Waals surface area contributed by atoms with Crippen LogP contribution in [0.25, 0.3) is 10.9 Å². The molecule has 2 aromatic heterocycles. The molecule has 174 valence electrons. The fraction of sp³-hybridized carbons (Fsp3) is 0.286. The molecule has 0 aliphatic carbocycles. The molecule has 4 rings (SSSR count). The van der Waals surface area contributed by atoms with Gasteiger partial charge in [-0.25, -0.2) is 23.7 Å². The lowest BCUT2D eigenvalue weighted by molar-refractivity contribution is -0.208. The molecule has 0 amide bonds. The third-order valence-corrected chi connectivity index (χ3v) is 5.25. The molecule has 0 fully saturated rings. The highest BCUT2D eigenvalue weighted by Crippen LogP contribution is 2.42. The van der Waals surface area contributed by atoms with Gasteiger partial charge in [0.25, 0.3) is 6.02 Å². The van der Waals surface area contributed by atoms with Crippen LogP contribution in [-0.4, -0.2) is 35.4 Å². The van der Waals surface area contributed by atoms with E-state index in [2.05, 4.69) is 25.0 Å². The molecule has 7 nitrogen and oxygen atoms in total. The number of anilines is 2. The molecular weight excluding hydrogens is 449 g/mol. The van der Waals surface area contributed by atoms with E-state index in [-0.39, 0.29) is 11.5 Å². The Kier molecular flexibility index (Phi) is 5.46. The number of fused-ring (bicyclic) bond motifs is 1. The van der Waals surface area contributed by atoms with E-state index < -0.39 is 47.5 Å². The Bertz CT molecular complexity index is 1250. The summed E-state index contributed by atoms with van der Waals surface area (Å²) in [7, 11) is 1.49. The van der Waals surface area contributed by atoms with E-state index in [1.807, 2.05) is 0 Å². The third kappa shape index (κ3) is 4.32. The van der Waals surface area contributed by atoms with Crippen molar-refractivity contribution < 1.29 is 31.4 Å². The molecule has 3 aromatic rings. The Balaban J connectivity index is 1.76. The molecule has 1 aromatic carbocycles. The second-order valence-corrected chi connectivity index (χ2v) is 7.63. The SMILES string of the molecule is COc1cnc2c(Nc3cc(F)c(F)c(C4(C)CC(C(F)(F)F)OC(N)=N4)c3)nccc2c1. The number of aliphatic imine (C=N–C) groups is 1. The van der Waals surface area contributed by atoms with Crippen molar-refractivity contribution in [3.8, 4) is 5.75 Å². The Labute approximate surface area is 184 Å². The number of amidine groups is 1. The van der Waals surface area contributed by atoms with Crippen molar-refractivity contribution in [1.82, 2.24) is 9.97 Å². The highest BCUT2D eigenvalue weighted by molar-refractivity contribution is 5.90. The first-order valence-corrected chi connectivity index (χ1v) is 9.64. The minimum absolute atomic E-state index is 0.0339. The van der Waals surface area contributed by atoms with Crippen molar-refractivity contribution in [2.75, 3.05) is 12.4 Å². The summed E-state index contributed by atoms with van der Waals surface area (Å²) in [5, 5.41) is 3.51. The predicted octanol–water partition coefficient (Wildman–Crippen LogP) is 4.54. The van der Waals surface area contributed by atoms with Gasteiger partial charge in [0.05, 0.1) is 18.8 Å². The molecule has 33 heavy (non-hydrogen) atoms. The van der Waals surface area contributed by atoms with E-state index in [1.54, 1.807) is 12.1 Å². The van der Waals surface area contributed by atoms with Gasteiger partial charge in [0.15, 0.2) is 23.6 Å². The van der Waals surface area contributed by atoms with Gasteiger partial charge in [-0.2, -0.15) is 13.2 Å². The average molecular weight is 467 g/mol. The predicted molar refractivity (Wildman–Crippen MR) is 110 cm³/mol. The zero-order chi connectivity index (χ0) is 24.0. The number of nitrogens with zero attached hydrogens (tertiary/aromatic N) is 3. The molecule has 0 radical (unpaired) electrons. The minimum atomic E-state index is -4.77. The van der Waals surface area contributed by atoms with E-state index in [0.29, 0.717) is 16.7 Å². The second-order valence-electron chi connectivity index (χ2n) is 7.63. The number of ether oxygens (including phenoxy) is 2. The van der Waals surface area contributed by atoms with Crippen LogP contribution in [0.4, 0.5) is 33.5 Å². The van der Waals surface area contributed by atoms with Crippen molar-refractivity contribution >= 4 is 28.4 Å². The molecule has 2 atom stereocenters. The Morgan fingerprint density at radius 2 is 1.97 bits per heavy atom. The minimum Gasteiger partial charge on any atom is -0.495 e. The van der Waals surface area contributed by atoms with Gasteiger partial charge < -0.3 is 20.5 Å². The van der Waals surface area contributed by atoms with E-state index in [1.165, 1.54) is 26.4 Å². The van der Waals surface area contributed by atoms with Gasteiger partial charge in [-0.3, -0.25) is 0 Å². The summed E-state index contributed by atoms with van der Waals surface area (Å²) >= 11 is 0. The van der Waals surface area contributed by atoms with Gasteiger partial charge in [-0.1, -0.05) is 0 Å². The normalized spacial score (nSPS) is 20.8. The first-order chi connectivity index (χ1) is 15.5. The van der Waals surface area contributed by atoms with E-state index >= 15 is 0 Å². The first kappa shape index (κ1) is 22.5. The van der Waals surface area contributed by atoms with Crippen LogP contribution in [0.5, 0.6) is 5.75 Å². The zero-order valence-electron chi connectivity index (χ0n) is 17.4. The van der Waals surface area contributed by atoms with Crippen LogP contribution < -0.4 is 15.8 Å². The lowest BCUT2D eigenvalue weighted by Gasteiger charge is -2.36. The maximum absolute atomic E-state index is 14.8. The number of pyridine rings is 2. The maximum atomic E-state index is 14.8. The summed E-state index contributed by atoms with van der Waals surface area (Å²) in [5.41, 5.74) is 3.64. The van der Waals surface area contributed by atoms with Crippen molar-refractivity contribution in [2.24, 2.45) is 10.7 Å². The monoisotopic (exact) mass is 467 g/mol. The Morgan fingerprint density at radius 3 is 2.67 bits per heavy atom. The molecule has 2 unspecified atom stereocenters. The van der Waals surface area contributed by atoms with Crippen molar-refractivity contribution in [1.29, 1.82) is 0 Å². The van der Waals surface area contributed by atoms with Gasteiger partial charge in [-0.15, -0.1) is 0 Å². The lowest BCUT2D eigenvalue weighted by atomic mass is 9.85. The first-order valence-electron chi connectivity index (χ1n) is 9.64. The number of hydrogen-bond acceptors (Lipinski definition) is 7. The quantitative estimate of drug-likeness (QED) is 0.547.